The molecule has 0 fully saturated rings. The van der Waals surface area contributed by atoms with Gasteiger partial charge in [0.25, 0.3) is 0 Å². The van der Waals surface area contributed by atoms with Crippen molar-refractivity contribution < 1.29 is 5.11 Å². The van der Waals surface area contributed by atoms with Gasteiger partial charge in [-0.2, -0.15) is 0 Å². The van der Waals surface area contributed by atoms with Gasteiger partial charge in [0.1, 0.15) is 0 Å². The highest BCUT2D eigenvalue weighted by Crippen LogP contribution is 2.42. The standard InChI is InChI=1S/C33H34N2O.ClH/c1-22-15-16-30(24(3)17-22)34-20-28(36)21-35-32-25(4)18-23(2)19-29(32)31(26-11-7-5-8-12-26)33(35)27-13-9-6-10-14-27;/h5-19,28,34,36H,20-21H2,1-4H3;1H. The van der Waals surface area contributed by atoms with E-state index in [1.54, 1.807) is 0 Å². The van der Waals surface area contributed by atoms with Crippen LogP contribution in [0.3, 0.4) is 0 Å². The molecule has 4 heteroatoms. The lowest BCUT2D eigenvalue weighted by molar-refractivity contribution is 0.169. The third-order valence-corrected chi connectivity index (χ3v) is 6.90. The van der Waals surface area contributed by atoms with E-state index in [9.17, 15) is 5.11 Å². The molecule has 0 radical (unpaired) electrons. The summed E-state index contributed by atoms with van der Waals surface area (Å²) in [6, 6.07) is 32.1. The molecule has 1 atom stereocenters. The first kappa shape index (κ1) is 26.5. The molecule has 3 nitrogen and oxygen atoms in total. The van der Waals surface area contributed by atoms with E-state index >= 15 is 0 Å². The first-order valence-corrected chi connectivity index (χ1v) is 12.7. The number of aromatic nitrogens is 1. The fraction of sp³-hybridized carbons (Fsp3) is 0.212. The minimum atomic E-state index is -0.562. The Bertz CT molecular complexity index is 1510. The topological polar surface area (TPSA) is 37.2 Å². The Balaban J connectivity index is 0.00000320. The molecule has 0 aliphatic rings. The van der Waals surface area contributed by atoms with Crippen LogP contribution in [-0.2, 0) is 6.54 Å². The van der Waals surface area contributed by atoms with Crippen molar-refractivity contribution in [3.63, 3.8) is 0 Å². The number of hydrogen-bond acceptors (Lipinski definition) is 2. The largest absolute Gasteiger partial charge is 0.389 e. The minimum absolute atomic E-state index is 0. The van der Waals surface area contributed by atoms with Crippen LogP contribution in [0.25, 0.3) is 33.3 Å². The van der Waals surface area contributed by atoms with Gasteiger partial charge >= 0.3 is 0 Å². The molecule has 1 unspecified atom stereocenters. The van der Waals surface area contributed by atoms with Crippen LogP contribution in [0.2, 0.25) is 0 Å². The number of benzene rings is 4. The van der Waals surface area contributed by atoms with Gasteiger partial charge < -0.3 is 15.0 Å². The van der Waals surface area contributed by atoms with Crippen LogP contribution < -0.4 is 5.32 Å². The first-order chi connectivity index (χ1) is 17.4. The summed E-state index contributed by atoms with van der Waals surface area (Å²) >= 11 is 0. The summed E-state index contributed by atoms with van der Waals surface area (Å²) in [6.45, 7) is 9.51. The zero-order chi connectivity index (χ0) is 25.2. The zero-order valence-electron chi connectivity index (χ0n) is 22.0. The van der Waals surface area contributed by atoms with Crippen LogP contribution in [0, 0.1) is 27.7 Å². The number of nitrogens with zero attached hydrogens (tertiary/aromatic N) is 1. The summed E-state index contributed by atoms with van der Waals surface area (Å²) in [5, 5.41) is 16.0. The molecule has 190 valence electrons. The summed E-state index contributed by atoms with van der Waals surface area (Å²) in [4.78, 5) is 0. The molecule has 0 saturated carbocycles. The summed E-state index contributed by atoms with van der Waals surface area (Å²) in [7, 11) is 0. The number of aryl methyl sites for hydroxylation is 4. The maximum absolute atomic E-state index is 11.3. The van der Waals surface area contributed by atoms with Crippen LogP contribution >= 0.6 is 12.4 Å². The van der Waals surface area contributed by atoms with Gasteiger partial charge in [-0.1, -0.05) is 90.0 Å². The van der Waals surface area contributed by atoms with E-state index in [1.807, 2.05) is 0 Å². The van der Waals surface area contributed by atoms with Gasteiger partial charge in [-0.3, -0.25) is 0 Å². The fourth-order valence-electron chi connectivity index (χ4n) is 5.37. The van der Waals surface area contributed by atoms with E-state index in [4.69, 9.17) is 0 Å². The van der Waals surface area contributed by atoms with Gasteiger partial charge in [0, 0.05) is 23.2 Å². The third kappa shape index (κ3) is 5.44. The molecule has 0 amide bonds. The van der Waals surface area contributed by atoms with Crippen molar-refractivity contribution in [1.29, 1.82) is 0 Å². The number of rotatable bonds is 7. The molecule has 5 rings (SSSR count). The van der Waals surface area contributed by atoms with Crippen molar-refractivity contribution in [2.24, 2.45) is 0 Å². The molecule has 37 heavy (non-hydrogen) atoms. The predicted molar refractivity (Wildman–Crippen MR) is 160 cm³/mol. The third-order valence-electron chi connectivity index (χ3n) is 6.90. The second-order valence-corrected chi connectivity index (χ2v) is 9.90. The molecule has 1 heterocycles. The highest BCUT2D eigenvalue weighted by atomic mass is 35.5. The molecule has 2 N–H and O–H groups in total. The van der Waals surface area contributed by atoms with Crippen molar-refractivity contribution in [2.45, 2.75) is 40.3 Å². The Kier molecular flexibility index (Phi) is 8.06. The summed E-state index contributed by atoms with van der Waals surface area (Å²) < 4.78 is 2.33. The molecule has 4 aromatic carbocycles. The smallest absolute Gasteiger partial charge is 0.0891 e. The van der Waals surface area contributed by atoms with E-state index < -0.39 is 6.10 Å². The number of anilines is 1. The maximum Gasteiger partial charge on any atom is 0.0891 e. The average molecular weight is 511 g/mol. The second kappa shape index (κ2) is 11.2. The normalized spacial score (nSPS) is 11.8. The second-order valence-electron chi connectivity index (χ2n) is 9.90. The van der Waals surface area contributed by atoms with Gasteiger partial charge in [0.15, 0.2) is 0 Å². The van der Waals surface area contributed by atoms with Gasteiger partial charge in [-0.25, -0.2) is 0 Å². The van der Waals surface area contributed by atoms with Crippen molar-refractivity contribution >= 4 is 29.0 Å². The Morgan fingerprint density at radius 2 is 1.35 bits per heavy atom. The van der Waals surface area contributed by atoms with Crippen molar-refractivity contribution in [3.8, 4) is 22.4 Å². The number of aliphatic hydroxyl groups excluding tert-OH is 1. The summed E-state index contributed by atoms with van der Waals surface area (Å²) in [5.74, 6) is 0. The Morgan fingerprint density at radius 3 is 2.00 bits per heavy atom. The van der Waals surface area contributed by atoms with E-state index in [0.29, 0.717) is 13.1 Å². The van der Waals surface area contributed by atoms with Gasteiger partial charge in [0.2, 0.25) is 0 Å². The number of nitrogens with one attached hydrogen (secondary N) is 1. The number of aliphatic hydroxyl groups is 1. The molecule has 5 aromatic rings. The Hall–Kier alpha value is -3.53. The van der Waals surface area contributed by atoms with Crippen LogP contribution in [0.15, 0.2) is 91.0 Å². The van der Waals surface area contributed by atoms with E-state index in [2.05, 4.69) is 129 Å². The Morgan fingerprint density at radius 1 is 0.730 bits per heavy atom. The van der Waals surface area contributed by atoms with Crippen molar-refractivity contribution in [1.82, 2.24) is 4.57 Å². The van der Waals surface area contributed by atoms with Gasteiger partial charge in [-0.15, -0.1) is 12.4 Å². The lowest BCUT2D eigenvalue weighted by Gasteiger charge is -2.19. The SMILES string of the molecule is Cc1ccc(NCC(O)Cn2c(-c3ccccc3)c(-c3ccccc3)c3cc(C)cc(C)c32)c(C)c1.Cl. The highest BCUT2D eigenvalue weighted by molar-refractivity contribution is 6.06. The van der Waals surface area contributed by atoms with Crippen LogP contribution in [0.5, 0.6) is 0 Å². The van der Waals surface area contributed by atoms with E-state index in [0.717, 1.165) is 16.9 Å². The molecule has 0 bridgehead atoms. The zero-order valence-corrected chi connectivity index (χ0v) is 22.8. The summed E-state index contributed by atoms with van der Waals surface area (Å²) in [6.07, 6.45) is -0.562. The molecular formula is C33H35ClN2O. The molecule has 1 aromatic heterocycles. The van der Waals surface area contributed by atoms with Crippen LogP contribution in [0.1, 0.15) is 22.3 Å². The van der Waals surface area contributed by atoms with Crippen molar-refractivity contribution in [3.05, 3.63) is 113 Å². The lowest BCUT2D eigenvalue weighted by atomic mass is 9.97. The lowest BCUT2D eigenvalue weighted by Crippen LogP contribution is -2.25. The number of fused-ring (bicyclic) bond motifs is 1. The fourth-order valence-corrected chi connectivity index (χ4v) is 5.37. The molecule has 0 aliphatic heterocycles. The molecule has 0 aliphatic carbocycles. The monoisotopic (exact) mass is 510 g/mol. The predicted octanol–water partition coefficient (Wildman–Crippen LogP) is 8.10. The minimum Gasteiger partial charge on any atom is -0.389 e. The number of halogens is 1. The quantitative estimate of drug-likeness (QED) is 0.232. The van der Waals surface area contributed by atoms with E-state index in [1.165, 1.54) is 44.3 Å². The van der Waals surface area contributed by atoms with E-state index in [-0.39, 0.29) is 12.4 Å². The molecule has 0 spiro atoms. The van der Waals surface area contributed by atoms with Crippen LogP contribution in [0.4, 0.5) is 5.69 Å². The first-order valence-electron chi connectivity index (χ1n) is 12.7. The molecule has 0 saturated heterocycles. The van der Waals surface area contributed by atoms with Crippen molar-refractivity contribution in [2.75, 3.05) is 11.9 Å². The number of hydrogen-bond donors (Lipinski definition) is 2. The molecular weight excluding hydrogens is 476 g/mol. The maximum atomic E-state index is 11.3. The summed E-state index contributed by atoms with van der Waals surface area (Å²) in [5.41, 5.74) is 11.9. The van der Waals surface area contributed by atoms with Gasteiger partial charge in [-0.05, 0) is 62.1 Å². The highest BCUT2D eigenvalue weighted by Gasteiger charge is 2.23. The van der Waals surface area contributed by atoms with Crippen LogP contribution in [-0.4, -0.2) is 22.3 Å². The average Bonchev–Trinajstić information content (AvgIpc) is 3.18. The Labute approximate surface area is 226 Å². The van der Waals surface area contributed by atoms with Gasteiger partial charge in [0.05, 0.1) is 23.9 Å².